The third-order valence-corrected chi connectivity index (χ3v) is 6.31. The van der Waals surface area contributed by atoms with Gasteiger partial charge in [-0.25, -0.2) is 0 Å². The number of hydrogen-bond acceptors (Lipinski definition) is 3. The van der Waals surface area contributed by atoms with E-state index in [-0.39, 0.29) is 11.7 Å². The molecule has 0 unspecified atom stereocenters. The highest BCUT2D eigenvalue weighted by Gasteiger charge is 2.55. The van der Waals surface area contributed by atoms with Gasteiger partial charge < -0.3 is 9.52 Å². The predicted octanol–water partition coefficient (Wildman–Crippen LogP) is 6.13. The molecule has 154 valence electrons. The lowest BCUT2D eigenvalue weighted by Gasteiger charge is -2.49. The molecule has 4 rings (SSSR count). The van der Waals surface area contributed by atoms with Gasteiger partial charge in [0.05, 0.1) is 17.8 Å². The first-order valence-corrected chi connectivity index (χ1v) is 10.4. The topological polar surface area (TPSA) is 50.4 Å². The Labute approximate surface area is 178 Å². The summed E-state index contributed by atoms with van der Waals surface area (Å²) in [7, 11) is 0. The van der Waals surface area contributed by atoms with E-state index in [1.54, 1.807) is 6.26 Å². The van der Waals surface area contributed by atoms with Gasteiger partial charge in [0.2, 0.25) is 0 Å². The highest BCUT2D eigenvalue weighted by molar-refractivity contribution is 6.00. The average molecular weight is 401 g/mol. The fraction of sp³-hybridized carbons (Fsp3) is 0.296. The Morgan fingerprint density at radius 2 is 1.60 bits per heavy atom. The summed E-state index contributed by atoms with van der Waals surface area (Å²) in [6, 6.07) is 23.1. The number of hydrogen-bond donors (Lipinski definition) is 1. The van der Waals surface area contributed by atoms with Crippen molar-refractivity contribution in [3.05, 3.63) is 102 Å². The van der Waals surface area contributed by atoms with Crippen LogP contribution in [0.3, 0.4) is 0 Å². The first kappa shape index (κ1) is 20.4. The van der Waals surface area contributed by atoms with E-state index in [4.69, 9.17) is 4.42 Å². The van der Waals surface area contributed by atoms with Gasteiger partial charge in [0.15, 0.2) is 5.78 Å². The Morgan fingerprint density at radius 3 is 2.17 bits per heavy atom. The Kier molecular flexibility index (Phi) is 5.25. The Hall–Kier alpha value is -2.91. The van der Waals surface area contributed by atoms with Gasteiger partial charge >= 0.3 is 0 Å². The van der Waals surface area contributed by atoms with E-state index in [2.05, 4.69) is 0 Å². The van der Waals surface area contributed by atoms with Crippen molar-refractivity contribution >= 4 is 11.4 Å². The van der Waals surface area contributed by atoms with Crippen molar-refractivity contribution in [1.82, 2.24) is 0 Å². The maximum Gasteiger partial charge on any atom is 0.169 e. The van der Waals surface area contributed by atoms with Gasteiger partial charge in [-0.05, 0) is 41.2 Å². The molecule has 3 atom stereocenters. The van der Waals surface area contributed by atoms with Crippen molar-refractivity contribution in [3.63, 3.8) is 0 Å². The molecule has 0 saturated carbocycles. The summed E-state index contributed by atoms with van der Waals surface area (Å²) in [5.41, 5.74) is 0.793. The van der Waals surface area contributed by atoms with Crippen LogP contribution in [0.25, 0.3) is 5.57 Å². The highest BCUT2D eigenvalue weighted by Crippen LogP contribution is 2.53. The molecule has 0 bridgehead atoms. The van der Waals surface area contributed by atoms with E-state index in [0.717, 1.165) is 16.9 Å². The SMILES string of the molecule is CC(C)(C)[C@]1(O)C=C(c2ccccc2)C[C@H](c2ccco2)[C@@H]1C(=O)c1ccccc1. The van der Waals surface area contributed by atoms with E-state index in [9.17, 15) is 9.90 Å². The number of furan rings is 1. The van der Waals surface area contributed by atoms with Crippen molar-refractivity contribution in [1.29, 1.82) is 0 Å². The largest absolute Gasteiger partial charge is 0.469 e. The molecule has 3 nitrogen and oxygen atoms in total. The first-order valence-electron chi connectivity index (χ1n) is 10.4. The van der Waals surface area contributed by atoms with Crippen LogP contribution in [0.15, 0.2) is 89.6 Å². The molecule has 3 heteroatoms. The monoisotopic (exact) mass is 400 g/mol. The van der Waals surface area contributed by atoms with Gasteiger partial charge in [-0.3, -0.25) is 4.79 Å². The molecular weight excluding hydrogens is 372 g/mol. The molecule has 1 N–H and O–H groups in total. The summed E-state index contributed by atoms with van der Waals surface area (Å²) in [6.45, 7) is 5.96. The number of aliphatic hydroxyl groups is 1. The van der Waals surface area contributed by atoms with Crippen LogP contribution in [0.4, 0.5) is 0 Å². The maximum atomic E-state index is 13.8. The number of carbonyl (C=O) groups is 1. The lowest BCUT2D eigenvalue weighted by molar-refractivity contribution is -0.0645. The first-order chi connectivity index (χ1) is 14.3. The van der Waals surface area contributed by atoms with Gasteiger partial charge in [0.25, 0.3) is 0 Å². The van der Waals surface area contributed by atoms with Crippen LogP contribution < -0.4 is 0 Å². The van der Waals surface area contributed by atoms with Crippen LogP contribution in [-0.4, -0.2) is 16.5 Å². The molecule has 30 heavy (non-hydrogen) atoms. The van der Waals surface area contributed by atoms with Gasteiger partial charge in [-0.15, -0.1) is 0 Å². The van der Waals surface area contributed by atoms with E-state index in [0.29, 0.717) is 12.0 Å². The molecule has 0 saturated heterocycles. The Bertz CT molecular complexity index is 1030. The molecule has 0 amide bonds. The lowest BCUT2D eigenvalue weighted by Crippen LogP contribution is -2.54. The van der Waals surface area contributed by atoms with Crippen LogP contribution >= 0.6 is 0 Å². The quantitative estimate of drug-likeness (QED) is 0.536. The van der Waals surface area contributed by atoms with E-state index in [1.807, 2.05) is 99.6 Å². The number of rotatable bonds is 4. The zero-order chi connectivity index (χ0) is 21.4. The van der Waals surface area contributed by atoms with Crippen molar-refractivity contribution < 1.29 is 14.3 Å². The molecule has 0 spiro atoms. The Morgan fingerprint density at radius 1 is 0.967 bits per heavy atom. The van der Waals surface area contributed by atoms with Gasteiger partial charge in [-0.1, -0.05) is 81.4 Å². The summed E-state index contributed by atoms with van der Waals surface area (Å²) in [5, 5.41) is 12.2. The van der Waals surface area contributed by atoms with E-state index >= 15 is 0 Å². The zero-order valence-electron chi connectivity index (χ0n) is 17.7. The lowest BCUT2D eigenvalue weighted by atomic mass is 9.57. The summed E-state index contributed by atoms with van der Waals surface area (Å²) in [4.78, 5) is 13.8. The fourth-order valence-electron chi connectivity index (χ4n) is 4.54. The van der Waals surface area contributed by atoms with Gasteiger partial charge in [-0.2, -0.15) is 0 Å². The second-order valence-corrected chi connectivity index (χ2v) is 9.14. The van der Waals surface area contributed by atoms with Crippen LogP contribution in [0.5, 0.6) is 0 Å². The molecule has 0 aliphatic heterocycles. The normalized spacial score (nSPS) is 24.3. The second-order valence-electron chi connectivity index (χ2n) is 9.14. The van der Waals surface area contributed by atoms with Crippen LogP contribution in [0, 0.1) is 11.3 Å². The van der Waals surface area contributed by atoms with Crippen LogP contribution in [-0.2, 0) is 0 Å². The highest BCUT2D eigenvalue weighted by atomic mass is 16.3. The summed E-state index contributed by atoms with van der Waals surface area (Å²) < 4.78 is 5.79. The van der Waals surface area contributed by atoms with Crippen molar-refractivity contribution in [2.24, 2.45) is 11.3 Å². The zero-order valence-corrected chi connectivity index (χ0v) is 17.7. The minimum Gasteiger partial charge on any atom is -0.469 e. The van der Waals surface area contributed by atoms with Crippen LogP contribution in [0.2, 0.25) is 0 Å². The van der Waals surface area contributed by atoms with Gasteiger partial charge in [0.1, 0.15) is 5.76 Å². The number of benzene rings is 2. The van der Waals surface area contributed by atoms with Gasteiger partial charge in [0, 0.05) is 11.5 Å². The molecular formula is C27H28O3. The number of allylic oxidation sites excluding steroid dienone is 1. The molecule has 3 aromatic rings. The number of carbonyl (C=O) groups excluding carboxylic acids is 1. The smallest absolute Gasteiger partial charge is 0.169 e. The van der Waals surface area contributed by atoms with Crippen molar-refractivity contribution in [2.45, 2.75) is 38.7 Å². The second kappa shape index (κ2) is 7.73. The standard InChI is InChI=1S/C27H28O3/c1-26(2,3)27(29)18-21(19-11-6-4-7-12-19)17-22(23-15-10-16-30-23)24(27)25(28)20-13-8-5-9-14-20/h4-16,18,22,24,29H,17H2,1-3H3/t22-,24-,27+/m1/s1. The molecule has 0 fully saturated rings. The maximum absolute atomic E-state index is 13.8. The molecule has 1 aromatic heterocycles. The summed E-state index contributed by atoms with van der Waals surface area (Å²) >= 11 is 0. The van der Waals surface area contributed by atoms with E-state index in [1.165, 1.54) is 0 Å². The minimum atomic E-state index is -1.35. The number of ketones is 1. The summed E-state index contributed by atoms with van der Waals surface area (Å²) in [6.07, 6.45) is 4.18. The molecule has 1 aliphatic rings. The fourth-order valence-corrected chi connectivity index (χ4v) is 4.54. The average Bonchev–Trinajstić information content (AvgIpc) is 3.28. The molecule has 1 heterocycles. The number of Topliss-reactive ketones (excluding diaryl/α,β-unsaturated/α-hetero) is 1. The minimum absolute atomic E-state index is 0.0576. The molecule has 2 aromatic carbocycles. The Balaban J connectivity index is 1.92. The van der Waals surface area contributed by atoms with Crippen molar-refractivity contribution in [2.75, 3.05) is 0 Å². The van der Waals surface area contributed by atoms with Crippen LogP contribution in [0.1, 0.15) is 54.8 Å². The van der Waals surface area contributed by atoms with E-state index < -0.39 is 16.9 Å². The molecule has 0 radical (unpaired) electrons. The third kappa shape index (κ3) is 3.54. The van der Waals surface area contributed by atoms with Crippen molar-refractivity contribution in [3.8, 4) is 0 Å². The third-order valence-electron chi connectivity index (χ3n) is 6.31. The molecule has 1 aliphatic carbocycles. The predicted molar refractivity (Wildman–Crippen MR) is 119 cm³/mol. The summed E-state index contributed by atoms with van der Waals surface area (Å²) in [5.74, 6) is -0.248.